The Labute approximate surface area is 572 Å². The van der Waals surface area contributed by atoms with E-state index in [4.69, 9.17) is 47.5 Å². The summed E-state index contributed by atoms with van der Waals surface area (Å²) < 4.78 is 82.6. The van der Waals surface area contributed by atoms with Crippen molar-refractivity contribution < 1.29 is 79.6 Å². The number of likely N-dealkylation sites (tertiary alicyclic amines) is 1. The van der Waals surface area contributed by atoms with Gasteiger partial charge in [-0.15, -0.1) is 0 Å². The number of alkyl halides is 1. The Morgan fingerprint density at radius 2 is 1.39 bits per heavy atom. The minimum Gasteiger partial charge on any atom is -0.476 e. The van der Waals surface area contributed by atoms with Gasteiger partial charge in [0.25, 0.3) is 11.8 Å². The van der Waals surface area contributed by atoms with E-state index in [1.165, 1.54) is 50.7 Å². The van der Waals surface area contributed by atoms with E-state index in [0.717, 1.165) is 70.4 Å². The lowest BCUT2D eigenvalue weighted by Gasteiger charge is -2.41. The van der Waals surface area contributed by atoms with Crippen molar-refractivity contribution in [2.75, 3.05) is 130 Å². The van der Waals surface area contributed by atoms with Crippen LogP contribution < -0.4 is 14.5 Å². The summed E-state index contributed by atoms with van der Waals surface area (Å²) in [7, 11) is 4.62. The summed E-state index contributed by atoms with van der Waals surface area (Å²) in [5.41, 5.74) is 1.84. The first kappa shape index (κ1) is 89.7. The van der Waals surface area contributed by atoms with Gasteiger partial charge >= 0.3 is 37.7 Å². The molecule has 31 heteroatoms. The second-order valence-electron chi connectivity index (χ2n) is 23.1. The van der Waals surface area contributed by atoms with Gasteiger partial charge in [0.1, 0.15) is 36.0 Å². The molecule has 1 N–H and O–H groups in total. The predicted octanol–water partition coefficient (Wildman–Crippen LogP) is 11.1. The van der Waals surface area contributed by atoms with Crippen LogP contribution in [0.3, 0.4) is 0 Å². The molecule has 2 aromatic carbocycles. The van der Waals surface area contributed by atoms with E-state index in [2.05, 4.69) is 64.6 Å². The third kappa shape index (κ3) is 28.9. The van der Waals surface area contributed by atoms with Gasteiger partial charge in [-0.05, 0) is 139 Å². The van der Waals surface area contributed by atoms with Crippen LogP contribution in [0.4, 0.5) is 34.3 Å². The molecule has 3 aliphatic rings. The van der Waals surface area contributed by atoms with E-state index < -0.39 is 72.4 Å². The van der Waals surface area contributed by atoms with Gasteiger partial charge in [-0.2, -0.15) is 41.3 Å². The third-order valence-electron chi connectivity index (χ3n) is 13.3. The van der Waals surface area contributed by atoms with Crippen LogP contribution in [0.25, 0.3) is 15.6 Å². The molecule has 0 aliphatic carbocycles. The molecule has 24 nitrogen and oxygen atoms in total. The van der Waals surface area contributed by atoms with Gasteiger partial charge in [-0.3, -0.25) is 9.36 Å². The zero-order chi connectivity index (χ0) is 67.7. The second-order valence-corrected chi connectivity index (χ2v) is 25.5. The summed E-state index contributed by atoms with van der Waals surface area (Å²) in [5.74, 6) is -7.24. The molecule has 3 aromatic rings. The Balaban J connectivity index is 0. The molecule has 2 fully saturated rings. The van der Waals surface area contributed by atoms with E-state index in [9.17, 15) is 46.5 Å². The number of aliphatic carboxylic acids is 1. The lowest BCUT2D eigenvalue weighted by atomic mass is 10.0. The molecule has 0 saturated carbocycles. The number of nitrogens with zero attached hydrogens (tertiary/aromatic N) is 10. The molecule has 1 unspecified atom stereocenters. The number of carboxylic acids is 1. The van der Waals surface area contributed by atoms with Crippen molar-refractivity contribution in [2.45, 2.75) is 132 Å². The number of aldehydes is 1. The van der Waals surface area contributed by atoms with Crippen LogP contribution >= 0.6 is 46.2 Å². The number of carbonyl (C=O) groups excluding carboxylic acids is 5. The SMILES string of the molecule is C.C.CCOC(=O)C(F)P(=O)(OCC)OCC.CN(C/C=C(/F)C(=O)O)C(=O)OC(C)(C)C.CN(CC=O)C(=O)OC(C)(C)C.S.S.[C-]#[N+]C[C@H]1CN(c2nc(OC[C@@H]3CCCN3C)nc3c2CCN(c2cccc4cccc(Cl)c24)C3)CCN1C(=O)/C(F)=C\CN(C)C. The highest BCUT2D eigenvalue weighted by atomic mass is 35.5. The van der Waals surface area contributed by atoms with E-state index in [1.54, 1.807) is 46.4 Å². The van der Waals surface area contributed by atoms with E-state index in [1.807, 2.05) is 26.2 Å². The monoisotopic (exact) mass is 1410 g/mol. The Hall–Kier alpha value is -6.38. The largest absolute Gasteiger partial charge is 0.476 e. The fourth-order valence-corrected chi connectivity index (χ4v) is 10.7. The van der Waals surface area contributed by atoms with Gasteiger partial charge in [0.05, 0.1) is 43.6 Å². The summed E-state index contributed by atoms with van der Waals surface area (Å²) in [4.78, 5) is 92.6. The molecule has 0 spiro atoms. The molecular formula is C63H101ClF3N10O14PS2. The van der Waals surface area contributed by atoms with Crippen LogP contribution in [-0.4, -0.2) is 226 Å². The Kier molecular flexibility index (Phi) is 41.0. The first-order valence-electron chi connectivity index (χ1n) is 29.4. The molecular weight excluding hydrogens is 1310 g/mol. The van der Waals surface area contributed by atoms with Crippen LogP contribution in [0.5, 0.6) is 6.01 Å². The summed E-state index contributed by atoms with van der Waals surface area (Å²) in [6.07, 6.45) is 4.54. The number of hydrogen-bond donors (Lipinski definition) is 1. The van der Waals surface area contributed by atoms with Gasteiger partial charge in [-0.1, -0.05) is 50.7 Å². The number of amides is 3. The maximum atomic E-state index is 14.9. The van der Waals surface area contributed by atoms with Gasteiger partial charge in [0, 0.05) is 76.0 Å². The van der Waals surface area contributed by atoms with Crippen molar-refractivity contribution in [1.29, 1.82) is 0 Å². The van der Waals surface area contributed by atoms with E-state index >= 15 is 0 Å². The Morgan fingerprint density at radius 1 is 0.819 bits per heavy atom. The molecule has 4 heterocycles. The number of anilines is 2. The Bertz CT molecular complexity index is 3050. The summed E-state index contributed by atoms with van der Waals surface area (Å²) >= 11 is 6.71. The average Bonchev–Trinajstić information content (AvgIpc) is 1.05. The number of hydrogen-bond acceptors (Lipinski definition) is 19. The summed E-state index contributed by atoms with van der Waals surface area (Å²) in [6.45, 7) is 26.9. The normalized spacial score (nSPS) is 15.9. The first-order chi connectivity index (χ1) is 42.2. The minimum absolute atomic E-state index is 0. The van der Waals surface area contributed by atoms with Crippen molar-refractivity contribution >= 4 is 105 Å². The molecule has 1 aromatic heterocycles. The van der Waals surface area contributed by atoms with Crippen LogP contribution in [0.2, 0.25) is 5.02 Å². The minimum atomic E-state index is -4.04. The maximum Gasteiger partial charge on any atom is 0.410 e. The summed E-state index contributed by atoms with van der Waals surface area (Å²) in [6, 6.07) is 12.3. The number of halogens is 4. The van der Waals surface area contributed by atoms with Crippen molar-refractivity contribution in [1.82, 2.24) is 34.5 Å². The topological polar surface area (TPSA) is 248 Å². The fraction of sp³-hybridized carbons (Fsp3) is 0.603. The number of aromatic nitrogens is 2. The zero-order valence-corrected chi connectivity index (χ0v) is 58.8. The van der Waals surface area contributed by atoms with E-state index in [0.29, 0.717) is 62.6 Å². The number of ether oxygens (including phenoxy) is 4. The lowest BCUT2D eigenvalue weighted by Crippen LogP contribution is -2.57. The third-order valence-corrected chi connectivity index (χ3v) is 15.7. The number of carbonyl (C=O) groups is 6. The fourth-order valence-electron chi connectivity index (χ4n) is 9.00. The van der Waals surface area contributed by atoms with Crippen molar-refractivity contribution in [3.8, 4) is 6.01 Å². The van der Waals surface area contributed by atoms with Crippen LogP contribution in [0.15, 0.2) is 60.2 Å². The molecule has 532 valence electrons. The lowest BCUT2D eigenvalue weighted by molar-refractivity contribution is -0.146. The van der Waals surface area contributed by atoms with Gasteiger partial charge in [0.15, 0.2) is 5.83 Å². The highest BCUT2D eigenvalue weighted by Crippen LogP contribution is 2.54. The number of benzene rings is 2. The number of rotatable bonds is 21. The molecule has 0 bridgehead atoms. The summed E-state index contributed by atoms with van der Waals surface area (Å²) in [5, 5.41) is 11.1. The molecule has 6 rings (SSSR count). The number of carboxylic acid groups (broad SMARTS) is 1. The molecule has 0 radical (unpaired) electrons. The molecule has 3 aliphatic heterocycles. The standard InChI is InChI=1S/C35H42ClFN8O2.C10H16FNO4.C8H16FO5P.C8H15NO3.2CH4.2H2S/c1-38-20-26-21-44(18-19-45(26)34(46)29(37)14-16-41(2)3)33-27-13-17-43(31-12-6-9-24-8-5-11-28(36)32(24)31)22-30(27)39-35(40-33)47-23-25-10-7-15-42(25)4;1-10(2,3)16-9(15)12(4)6-5-7(11)8(13)14;1-4-12-8(10)7(9)15(11,13-5-2)14-6-3;1-8(2,3)12-7(11)9(4)5-6-10;;;;/h5-6,8-9,11-12,14,25-26H,7,10,13,15-23H2,2-4H3;5H,6H2,1-4H3,(H,13,14);7H,4-6H2,1-3H3;6H,5H2,1-4H3;2*1H4;2*1H2/b29-14+;7-5+;;;;;;/t25-,26-;;;;;;;/m0......./s1. The molecule has 3 amide bonds. The molecule has 94 heavy (non-hydrogen) atoms. The molecule has 2 saturated heterocycles. The van der Waals surface area contributed by atoms with Crippen LogP contribution in [0, 0.1) is 6.57 Å². The van der Waals surface area contributed by atoms with Crippen molar-refractivity contribution in [3.05, 3.63) is 87.9 Å². The van der Waals surface area contributed by atoms with Gasteiger partial charge in [-0.25, -0.2) is 34.5 Å². The molecule has 3 atom stereocenters. The van der Waals surface area contributed by atoms with Crippen molar-refractivity contribution in [3.63, 3.8) is 0 Å². The first-order valence-corrected chi connectivity index (χ1v) is 31.4. The number of likely N-dealkylation sites (N-methyl/N-ethyl adjacent to an activating group) is 4. The average molecular weight is 1410 g/mol. The van der Waals surface area contributed by atoms with Gasteiger partial charge in [0.2, 0.25) is 12.4 Å². The van der Waals surface area contributed by atoms with Crippen LogP contribution in [0.1, 0.15) is 101 Å². The predicted molar refractivity (Wildman–Crippen MR) is 371 cm³/mol. The number of esters is 1. The van der Waals surface area contributed by atoms with E-state index in [-0.39, 0.29) is 87.8 Å². The smallest absolute Gasteiger partial charge is 0.410 e. The highest BCUT2D eigenvalue weighted by Gasteiger charge is 2.43. The number of piperazine rings is 1. The highest BCUT2D eigenvalue weighted by molar-refractivity contribution is 7.59. The second kappa shape index (κ2) is 42.9. The van der Waals surface area contributed by atoms with Gasteiger partial charge < -0.3 is 77.0 Å². The Morgan fingerprint density at radius 3 is 1.90 bits per heavy atom. The zero-order valence-electron chi connectivity index (χ0n) is 55.1. The quantitative estimate of drug-likeness (QED) is 0.0260. The van der Waals surface area contributed by atoms with Crippen LogP contribution in [-0.2, 0) is 60.0 Å². The number of fused-ring (bicyclic) bond motifs is 2. The van der Waals surface area contributed by atoms with Crippen molar-refractivity contribution in [2.24, 2.45) is 0 Å². The maximum absolute atomic E-state index is 14.9.